The van der Waals surface area contributed by atoms with Crippen LogP contribution in [0.5, 0.6) is 11.5 Å². The van der Waals surface area contributed by atoms with Crippen LogP contribution < -0.4 is 9.47 Å². The number of Topliss-reactive ketones (excluding diaryl/α,β-unsaturated/α-hetero) is 1. The summed E-state index contributed by atoms with van der Waals surface area (Å²) in [6.45, 7) is 7.49. The number of benzene rings is 2. The molecule has 1 aliphatic heterocycles. The predicted octanol–water partition coefficient (Wildman–Crippen LogP) is 3.45. The van der Waals surface area contributed by atoms with Gasteiger partial charge in [-0.2, -0.15) is 0 Å². The Bertz CT molecular complexity index is 912. The van der Waals surface area contributed by atoms with Gasteiger partial charge in [0.15, 0.2) is 5.78 Å². The summed E-state index contributed by atoms with van der Waals surface area (Å²) in [6, 6.07) is 11.0. The van der Waals surface area contributed by atoms with Crippen LogP contribution in [0.3, 0.4) is 0 Å². The number of aliphatic hydroxyl groups excluding tert-OH is 1. The van der Waals surface area contributed by atoms with E-state index in [0.29, 0.717) is 88.7 Å². The maximum atomic E-state index is 11.9. The summed E-state index contributed by atoms with van der Waals surface area (Å²) in [5, 5.41) is 10.2. The van der Waals surface area contributed by atoms with Crippen molar-refractivity contribution in [3.05, 3.63) is 47.5 Å². The van der Waals surface area contributed by atoms with Crippen molar-refractivity contribution in [1.82, 2.24) is 0 Å². The number of fused-ring (bicyclic) bond motifs is 4. The van der Waals surface area contributed by atoms with Crippen LogP contribution in [0.4, 0.5) is 0 Å². The molecule has 0 aliphatic carbocycles. The lowest BCUT2D eigenvalue weighted by Gasteiger charge is -2.17. The third-order valence-electron chi connectivity index (χ3n) is 5.25. The van der Waals surface area contributed by atoms with Gasteiger partial charge in [0.2, 0.25) is 0 Å². The van der Waals surface area contributed by atoms with Gasteiger partial charge in [-0.25, -0.2) is 0 Å². The minimum atomic E-state index is -0.692. The number of hydrogen-bond acceptors (Lipinski definition) is 8. The van der Waals surface area contributed by atoms with Gasteiger partial charge in [0.1, 0.15) is 24.7 Å². The number of carbonyl (C=O) groups excluding carboxylic acids is 1. The van der Waals surface area contributed by atoms with E-state index >= 15 is 0 Å². The summed E-state index contributed by atoms with van der Waals surface area (Å²) in [5.41, 5.74) is 2.91. The van der Waals surface area contributed by atoms with Crippen LogP contribution in [0, 0.1) is 0 Å². The first-order chi connectivity index (χ1) is 16.6. The lowest BCUT2D eigenvalue weighted by molar-refractivity contribution is -0.00701. The largest absolute Gasteiger partial charge is 0.491 e. The molecule has 34 heavy (non-hydrogen) atoms. The molecule has 0 amide bonds. The van der Waals surface area contributed by atoms with Gasteiger partial charge in [-0.15, -0.1) is 0 Å². The summed E-state index contributed by atoms with van der Waals surface area (Å²) in [5.74, 6) is 1.11. The molecule has 0 saturated heterocycles. The lowest BCUT2D eigenvalue weighted by Crippen LogP contribution is -2.14. The lowest BCUT2D eigenvalue weighted by atomic mass is 9.98. The molecule has 2 aromatic rings. The summed E-state index contributed by atoms with van der Waals surface area (Å²) >= 11 is 0. The Morgan fingerprint density at radius 3 is 1.79 bits per heavy atom. The van der Waals surface area contributed by atoms with E-state index in [9.17, 15) is 9.90 Å². The normalized spacial score (nSPS) is 17.9. The zero-order valence-corrected chi connectivity index (χ0v) is 19.9. The van der Waals surface area contributed by atoms with E-state index in [0.717, 1.165) is 11.1 Å². The van der Waals surface area contributed by atoms with Crippen molar-refractivity contribution >= 4 is 5.78 Å². The number of aliphatic hydroxyl groups is 1. The van der Waals surface area contributed by atoms with Crippen molar-refractivity contribution in [3.63, 3.8) is 0 Å². The minimum Gasteiger partial charge on any atom is -0.491 e. The van der Waals surface area contributed by atoms with Crippen LogP contribution in [-0.4, -0.2) is 77.0 Å². The summed E-state index contributed by atoms with van der Waals surface area (Å²) in [6.07, 6.45) is -0.692. The molecule has 8 heteroatoms. The molecule has 1 atom stereocenters. The molecule has 0 radical (unpaired) electrons. The average molecular weight is 475 g/mol. The van der Waals surface area contributed by atoms with Crippen molar-refractivity contribution in [2.75, 3.05) is 66.1 Å². The van der Waals surface area contributed by atoms with Crippen molar-refractivity contribution in [3.8, 4) is 22.6 Å². The highest BCUT2D eigenvalue weighted by molar-refractivity contribution is 5.95. The van der Waals surface area contributed by atoms with E-state index in [1.54, 1.807) is 19.1 Å². The summed E-state index contributed by atoms with van der Waals surface area (Å²) in [7, 11) is 0. The Morgan fingerprint density at radius 2 is 1.26 bits per heavy atom. The maximum Gasteiger partial charge on any atom is 0.159 e. The van der Waals surface area contributed by atoms with Crippen LogP contribution >= 0.6 is 0 Å². The highest BCUT2D eigenvalue weighted by atomic mass is 16.6. The quantitative estimate of drug-likeness (QED) is 0.662. The van der Waals surface area contributed by atoms with Gasteiger partial charge in [-0.05, 0) is 37.6 Å². The van der Waals surface area contributed by atoms with E-state index in [1.807, 2.05) is 24.3 Å². The van der Waals surface area contributed by atoms with Gasteiger partial charge in [0.25, 0.3) is 0 Å². The smallest absolute Gasteiger partial charge is 0.159 e. The van der Waals surface area contributed by atoms with E-state index in [2.05, 4.69) is 0 Å². The molecule has 1 N–H and O–H groups in total. The molecule has 0 fully saturated rings. The van der Waals surface area contributed by atoms with Crippen molar-refractivity contribution in [2.24, 2.45) is 0 Å². The Labute approximate surface area is 200 Å². The van der Waals surface area contributed by atoms with Crippen molar-refractivity contribution in [1.29, 1.82) is 0 Å². The molecular formula is C26H34O8. The third-order valence-corrected chi connectivity index (χ3v) is 5.25. The first kappa shape index (κ1) is 26.1. The SMILES string of the molecule is CC(=O)c1ccc2c(c1)OCCOCCOCCOCCOCCOc1cc-2ccc1C(C)O. The van der Waals surface area contributed by atoms with Gasteiger partial charge in [-0.1, -0.05) is 18.2 Å². The molecule has 3 rings (SSSR count). The Kier molecular flexibility index (Phi) is 10.8. The summed E-state index contributed by atoms with van der Waals surface area (Å²) < 4.78 is 34.1. The summed E-state index contributed by atoms with van der Waals surface area (Å²) in [4.78, 5) is 11.9. The van der Waals surface area contributed by atoms with E-state index < -0.39 is 6.10 Å². The Balaban J connectivity index is 1.84. The molecular weight excluding hydrogens is 440 g/mol. The molecule has 2 aromatic carbocycles. The molecule has 186 valence electrons. The highest BCUT2D eigenvalue weighted by Gasteiger charge is 2.15. The second-order valence-corrected chi connectivity index (χ2v) is 7.84. The minimum absolute atomic E-state index is 0.0420. The van der Waals surface area contributed by atoms with Gasteiger partial charge >= 0.3 is 0 Å². The fourth-order valence-corrected chi connectivity index (χ4v) is 3.45. The second kappa shape index (κ2) is 14.0. The van der Waals surface area contributed by atoms with Crippen LogP contribution in [-0.2, 0) is 18.9 Å². The number of hydrogen-bond donors (Lipinski definition) is 1. The maximum absolute atomic E-state index is 11.9. The van der Waals surface area contributed by atoms with Crippen molar-refractivity contribution < 1.29 is 38.3 Å². The first-order valence-corrected chi connectivity index (χ1v) is 11.6. The Hall–Kier alpha value is -2.49. The number of carbonyl (C=O) groups is 1. The average Bonchev–Trinajstić information content (AvgIpc) is 2.82. The van der Waals surface area contributed by atoms with Gasteiger partial charge < -0.3 is 33.5 Å². The molecule has 2 bridgehead atoms. The zero-order chi connectivity index (χ0) is 24.2. The molecule has 1 unspecified atom stereocenters. The standard InChI is InChI=1S/C26H34O8/c1-19(27)21-3-6-24-22-4-5-23(20(2)28)25(18-22)33-15-13-31-11-9-29-7-8-30-10-12-32-14-16-34-26(24)17-21/h3-6,17-18,20,28H,7-16H2,1-2H3. The number of ether oxygens (including phenoxy) is 6. The molecule has 1 aliphatic rings. The molecule has 8 nitrogen and oxygen atoms in total. The topological polar surface area (TPSA) is 92.7 Å². The van der Waals surface area contributed by atoms with Crippen LogP contribution in [0.2, 0.25) is 0 Å². The molecule has 0 saturated carbocycles. The Morgan fingerprint density at radius 1 is 0.735 bits per heavy atom. The highest BCUT2D eigenvalue weighted by Crippen LogP contribution is 2.36. The van der Waals surface area contributed by atoms with Crippen LogP contribution in [0.15, 0.2) is 36.4 Å². The van der Waals surface area contributed by atoms with Crippen molar-refractivity contribution in [2.45, 2.75) is 20.0 Å². The first-order valence-electron chi connectivity index (χ1n) is 11.6. The monoisotopic (exact) mass is 474 g/mol. The van der Waals surface area contributed by atoms with E-state index in [-0.39, 0.29) is 5.78 Å². The fraction of sp³-hybridized carbons (Fsp3) is 0.500. The zero-order valence-electron chi connectivity index (χ0n) is 19.9. The van der Waals surface area contributed by atoms with E-state index in [4.69, 9.17) is 28.4 Å². The van der Waals surface area contributed by atoms with Crippen LogP contribution in [0.25, 0.3) is 11.1 Å². The van der Waals surface area contributed by atoms with Gasteiger partial charge in [0.05, 0.1) is 59.0 Å². The third kappa shape index (κ3) is 8.07. The molecule has 1 heterocycles. The number of rotatable bonds is 2. The predicted molar refractivity (Wildman–Crippen MR) is 127 cm³/mol. The number of ketones is 1. The van der Waals surface area contributed by atoms with Gasteiger partial charge in [-0.3, -0.25) is 4.79 Å². The molecule has 0 spiro atoms. The molecule has 0 aromatic heterocycles. The van der Waals surface area contributed by atoms with Crippen LogP contribution in [0.1, 0.15) is 35.9 Å². The van der Waals surface area contributed by atoms with E-state index in [1.165, 1.54) is 6.92 Å². The second-order valence-electron chi connectivity index (χ2n) is 7.84. The van der Waals surface area contributed by atoms with Gasteiger partial charge in [0, 0.05) is 16.7 Å². The fourth-order valence-electron chi connectivity index (χ4n) is 3.45.